The molecule has 0 saturated carbocycles. The molecule has 11 rings (SSSR count). The van der Waals surface area contributed by atoms with Crippen LogP contribution in [0.5, 0.6) is 0 Å². The number of nitrogens with zero attached hydrogens (tertiary/aromatic N) is 2. The number of rotatable bonds is 6. The van der Waals surface area contributed by atoms with Gasteiger partial charge in [-0.2, -0.15) is 0 Å². The first kappa shape index (κ1) is 29.7. The molecular formula is C64H54IrN2O-2. The van der Waals surface area contributed by atoms with Crippen molar-refractivity contribution in [3.8, 4) is 55.9 Å². The molecule has 1 radical (unpaired) electrons. The van der Waals surface area contributed by atoms with E-state index in [9.17, 15) is 0 Å². The third kappa shape index (κ3) is 9.32. The molecule has 0 aliphatic heterocycles. The van der Waals surface area contributed by atoms with E-state index in [2.05, 4.69) is 52.4 Å². The van der Waals surface area contributed by atoms with Crippen molar-refractivity contribution in [1.29, 1.82) is 0 Å². The summed E-state index contributed by atoms with van der Waals surface area (Å²) in [4.78, 5) is 8.78. The minimum atomic E-state index is -2.76. The third-order valence-corrected chi connectivity index (χ3v) is 11.7. The normalized spacial score (nSPS) is 16.3. The van der Waals surface area contributed by atoms with Gasteiger partial charge in [0.25, 0.3) is 0 Å². The van der Waals surface area contributed by atoms with Gasteiger partial charge in [0.2, 0.25) is 0 Å². The summed E-state index contributed by atoms with van der Waals surface area (Å²) in [5, 5.41) is 5.95. The molecule has 68 heavy (non-hydrogen) atoms. The number of aromatic nitrogens is 2. The van der Waals surface area contributed by atoms with Gasteiger partial charge in [0, 0.05) is 61.2 Å². The number of pyridine rings is 2. The van der Waals surface area contributed by atoms with Crippen molar-refractivity contribution in [2.24, 2.45) is 5.41 Å². The number of hydrogen-bond donors (Lipinski definition) is 0. The fourth-order valence-electron chi connectivity index (χ4n) is 8.55. The van der Waals surface area contributed by atoms with Crippen LogP contribution in [0.4, 0.5) is 0 Å². The number of furan rings is 1. The Kier molecular flexibility index (Phi) is 8.29. The molecule has 0 amide bonds. The van der Waals surface area contributed by atoms with Gasteiger partial charge in [0.1, 0.15) is 5.58 Å². The molecule has 0 fully saturated rings. The van der Waals surface area contributed by atoms with E-state index >= 15 is 0 Å². The van der Waals surface area contributed by atoms with Crippen LogP contribution in [0.1, 0.15) is 77.5 Å². The van der Waals surface area contributed by atoms with Gasteiger partial charge in [0.15, 0.2) is 0 Å². The standard InChI is InChI=1S/C45H38NO.C19H16N.Ir/c1-27-20-30(25-45(4,5)6)14-18-34(27)32-17-19-35(28(2)21-32)39-23-42(46-26-29(39)3)38-13-9-12-37-41-22-33-16-15-31-10-7-8-11-36(31)40(33)24-43(41)47-44(37)38;1-14-8-11-19(20-13-14)17-10-9-15(2)18(12-17)16-6-4-3-5-7-16;/h7-12,14-24,26H,25H2,1-6H3;3-9,11-13H,1-2H3;/q2*-1;/i1D3,2D3,3D3,25D2;1D3,2D3;. The zero-order chi connectivity index (χ0) is 60.7. The second-order valence-electron chi connectivity index (χ2n) is 17.5. The zero-order valence-corrected chi connectivity index (χ0v) is 39.7. The topological polar surface area (TPSA) is 38.9 Å². The molecule has 0 aliphatic rings. The summed E-state index contributed by atoms with van der Waals surface area (Å²) in [6.45, 7) is -7.40. The van der Waals surface area contributed by atoms with Crippen LogP contribution in [0.25, 0.3) is 99.4 Å². The third-order valence-electron chi connectivity index (χ3n) is 11.7. The minimum Gasteiger partial charge on any atom is -0.501 e. The quantitative estimate of drug-likeness (QED) is 0.123. The second kappa shape index (κ2) is 19.0. The van der Waals surface area contributed by atoms with Gasteiger partial charge in [-0.1, -0.05) is 165 Å². The van der Waals surface area contributed by atoms with E-state index < -0.39 is 46.0 Å². The van der Waals surface area contributed by atoms with Gasteiger partial charge >= 0.3 is 0 Å². The smallest absolute Gasteiger partial charge is 0.121 e. The van der Waals surface area contributed by atoms with E-state index in [0.717, 1.165) is 37.9 Å². The number of fused-ring (bicyclic) bond motifs is 6. The van der Waals surface area contributed by atoms with E-state index in [0.29, 0.717) is 39.2 Å². The fraction of sp³-hybridized carbons (Fsp3) is 0.156. The maximum absolute atomic E-state index is 8.76. The van der Waals surface area contributed by atoms with E-state index in [1.54, 1.807) is 51.1 Å². The Labute approximate surface area is 438 Å². The summed E-state index contributed by atoms with van der Waals surface area (Å²) >= 11 is 0. The van der Waals surface area contributed by atoms with Crippen molar-refractivity contribution in [2.45, 2.75) is 61.4 Å². The predicted octanol–water partition coefficient (Wildman–Crippen LogP) is 17.4. The van der Waals surface area contributed by atoms with Crippen LogP contribution in [0.2, 0.25) is 0 Å². The maximum Gasteiger partial charge on any atom is 0.121 e. The maximum atomic E-state index is 8.76. The number of benzene rings is 8. The van der Waals surface area contributed by atoms with Crippen LogP contribution in [0.3, 0.4) is 0 Å². The zero-order valence-electron chi connectivity index (χ0n) is 54.3. The van der Waals surface area contributed by atoms with Crippen molar-refractivity contribution in [1.82, 2.24) is 9.97 Å². The minimum absolute atomic E-state index is 0. The Hall–Kier alpha value is -6.97. The molecule has 0 bridgehead atoms. The van der Waals surface area contributed by atoms with E-state index in [4.69, 9.17) is 27.7 Å². The van der Waals surface area contributed by atoms with E-state index in [-0.39, 0.29) is 75.7 Å². The van der Waals surface area contributed by atoms with Crippen molar-refractivity contribution in [2.75, 3.05) is 0 Å². The second-order valence-corrected chi connectivity index (χ2v) is 17.5. The molecule has 4 heteroatoms. The molecule has 337 valence electrons. The molecule has 0 spiro atoms. The molecule has 0 aliphatic carbocycles. The summed E-state index contributed by atoms with van der Waals surface area (Å²) < 4.78 is 146. The number of aryl methyl sites for hydroxylation is 5. The Bertz CT molecular complexity index is 4310. The largest absolute Gasteiger partial charge is 0.501 e. The number of hydrogen-bond acceptors (Lipinski definition) is 3. The Morgan fingerprint density at radius 2 is 1.32 bits per heavy atom. The first-order chi connectivity index (χ1) is 39.2. The van der Waals surface area contributed by atoms with Crippen molar-refractivity contribution in [3.63, 3.8) is 0 Å². The summed E-state index contributed by atoms with van der Waals surface area (Å²) in [5.41, 5.74) is 4.36. The summed E-state index contributed by atoms with van der Waals surface area (Å²) in [5.74, 6) is 0. The van der Waals surface area contributed by atoms with E-state index in [1.165, 1.54) is 54.9 Å². The summed E-state index contributed by atoms with van der Waals surface area (Å²) in [6.07, 6.45) is 0.673. The van der Waals surface area contributed by atoms with Crippen LogP contribution >= 0.6 is 0 Å². The summed E-state index contributed by atoms with van der Waals surface area (Å²) in [7, 11) is 0. The Morgan fingerprint density at radius 1 is 0.544 bits per heavy atom. The van der Waals surface area contributed by atoms with Crippen LogP contribution < -0.4 is 0 Å². The molecule has 0 unspecified atom stereocenters. The monoisotopic (exact) mass is 1080 g/mol. The van der Waals surface area contributed by atoms with Crippen molar-refractivity contribution < 1.29 is 47.8 Å². The van der Waals surface area contributed by atoms with Crippen LogP contribution in [-0.4, -0.2) is 9.97 Å². The first-order valence-electron chi connectivity index (χ1n) is 30.3. The van der Waals surface area contributed by atoms with E-state index in [1.807, 2.05) is 54.6 Å². The van der Waals surface area contributed by atoms with Gasteiger partial charge in [-0.3, -0.25) is 0 Å². The average molecular weight is 1080 g/mol. The first-order valence-corrected chi connectivity index (χ1v) is 21.8. The molecule has 3 nitrogen and oxygen atoms in total. The van der Waals surface area contributed by atoms with Crippen molar-refractivity contribution in [3.05, 3.63) is 216 Å². The van der Waals surface area contributed by atoms with Gasteiger partial charge in [-0.25, -0.2) is 0 Å². The Morgan fingerprint density at radius 3 is 2.12 bits per heavy atom. The molecule has 8 aromatic carbocycles. The van der Waals surface area contributed by atoms with Crippen molar-refractivity contribution >= 4 is 43.5 Å². The molecule has 3 aromatic heterocycles. The summed E-state index contributed by atoms with van der Waals surface area (Å²) in [6, 6.07) is 52.1. The van der Waals surface area contributed by atoms with Gasteiger partial charge in [-0.05, 0) is 140 Å². The molecule has 11 aromatic rings. The molecule has 3 heterocycles. The SMILES string of the molecule is [2H]C([2H])([2H])c1cc(C([2H])([2H])C(C)(C)C)ccc1-c1ccc(-c2cc(-c3[c-]ccc4c3oc3cc5c(ccc6ccccc65)cc34)ncc2C([2H])([2H])[2H])c(C([2H])([2H])[2H])c1.[2H]C([2H])([2H])c1ccc(-c2[c-]cc(C([2H])([2H])[2H])c(-c3ccccc3)c2)nc1.[Ir]. The van der Waals surface area contributed by atoms with Crippen LogP contribution in [0, 0.1) is 51.8 Å². The van der Waals surface area contributed by atoms with Gasteiger partial charge in [0.05, 0.1) is 5.58 Å². The van der Waals surface area contributed by atoms with Crippen LogP contribution in [-0.2, 0) is 26.5 Å². The average Bonchev–Trinajstić information content (AvgIpc) is 4.04. The predicted molar refractivity (Wildman–Crippen MR) is 282 cm³/mol. The van der Waals surface area contributed by atoms with Crippen LogP contribution in [0.15, 0.2) is 175 Å². The van der Waals surface area contributed by atoms with Gasteiger partial charge in [-0.15, -0.1) is 47.5 Å². The molecule has 0 saturated heterocycles. The molecule has 0 N–H and O–H groups in total. The Balaban J connectivity index is 0.000000268. The fourth-order valence-corrected chi connectivity index (χ4v) is 8.55. The molecular weight excluding hydrogens is 1000 g/mol. The van der Waals surface area contributed by atoms with Gasteiger partial charge < -0.3 is 14.4 Å². The molecule has 0 atom stereocenters.